The average molecular weight is 815 g/mol. The van der Waals surface area contributed by atoms with Gasteiger partial charge in [-0.15, -0.1) is 12.2 Å². The lowest BCUT2D eigenvalue weighted by atomic mass is 9.95. The second-order valence-corrected chi connectivity index (χ2v) is 14.7. The summed E-state index contributed by atoms with van der Waals surface area (Å²) in [5, 5.41) is 6.50. The third-order valence-electron chi connectivity index (χ3n) is 9.35. The van der Waals surface area contributed by atoms with Gasteiger partial charge in [-0.3, -0.25) is 9.59 Å². The Morgan fingerprint density at radius 2 is 1.45 bits per heavy atom. The van der Waals surface area contributed by atoms with Crippen LogP contribution in [0.25, 0.3) is 11.4 Å². The Labute approximate surface area is 342 Å². The van der Waals surface area contributed by atoms with Crippen molar-refractivity contribution in [3.05, 3.63) is 125 Å². The molecule has 13 heteroatoms. The number of fused-ring (bicyclic) bond motifs is 2. The van der Waals surface area contributed by atoms with Crippen LogP contribution in [0, 0.1) is 0 Å². The van der Waals surface area contributed by atoms with Crippen LogP contribution in [0.15, 0.2) is 97.1 Å². The second kappa shape index (κ2) is 22.9. The number of hydrogen-bond donors (Lipinski definition) is 5. The van der Waals surface area contributed by atoms with E-state index in [9.17, 15) is 14.4 Å². The molecule has 0 spiro atoms. The summed E-state index contributed by atoms with van der Waals surface area (Å²) < 4.78 is 16.8. The van der Waals surface area contributed by atoms with Crippen molar-refractivity contribution in [3.63, 3.8) is 0 Å². The summed E-state index contributed by atoms with van der Waals surface area (Å²) in [6.45, 7) is 2.55. The SMILES string of the molecule is N/C1=C(\NCCOc2ccc(C(=O)Oc3ccc(CS)cc3)cc2)c2ccccc2CN(C(=O)CCCCC(=O)NCCCCCCOPS)c2ccccc21. The third-order valence-corrected chi connectivity index (χ3v) is 10.4. The minimum absolute atomic E-state index is 0.0186. The number of carbonyl (C=O) groups excluding carboxylic acids is 3. The molecule has 56 heavy (non-hydrogen) atoms. The molecule has 4 aromatic carbocycles. The van der Waals surface area contributed by atoms with Gasteiger partial charge in [0.25, 0.3) is 0 Å². The first-order valence-corrected chi connectivity index (χ1v) is 21.8. The first-order chi connectivity index (χ1) is 27.4. The maximum Gasteiger partial charge on any atom is 0.343 e. The van der Waals surface area contributed by atoms with Gasteiger partial charge in [-0.1, -0.05) is 67.4 Å². The molecule has 0 saturated carbocycles. The van der Waals surface area contributed by atoms with Gasteiger partial charge in [0.1, 0.15) is 18.1 Å². The van der Waals surface area contributed by atoms with Crippen molar-refractivity contribution < 1.29 is 28.4 Å². The van der Waals surface area contributed by atoms with Crippen LogP contribution in [0.4, 0.5) is 5.69 Å². The molecule has 5 rings (SSSR count). The summed E-state index contributed by atoms with van der Waals surface area (Å²) in [5.74, 6) is 1.24. The molecular formula is C43H51N4O6PS2. The number of benzene rings is 4. The number of nitrogens with two attached hydrogens (primary N) is 1. The fourth-order valence-electron chi connectivity index (χ4n) is 6.36. The van der Waals surface area contributed by atoms with Crippen LogP contribution in [0.3, 0.4) is 0 Å². The molecule has 296 valence electrons. The predicted molar refractivity (Wildman–Crippen MR) is 232 cm³/mol. The molecule has 1 heterocycles. The number of ether oxygens (including phenoxy) is 2. The highest BCUT2D eigenvalue weighted by molar-refractivity contribution is 8.36. The summed E-state index contributed by atoms with van der Waals surface area (Å²) >= 11 is 8.32. The van der Waals surface area contributed by atoms with Crippen LogP contribution in [0.2, 0.25) is 0 Å². The Hall–Kier alpha value is -4.48. The highest BCUT2D eigenvalue weighted by atomic mass is 32.7. The van der Waals surface area contributed by atoms with Crippen molar-refractivity contribution in [1.82, 2.24) is 10.6 Å². The van der Waals surface area contributed by atoms with E-state index in [-0.39, 0.29) is 19.8 Å². The Bertz CT molecular complexity index is 1930. The Kier molecular flexibility index (Phi) is 17.5. The van der Waals surface area contributed by atoms with Gasteiger partial charge in [-0.05, 0) is 79.3 Å². The molecule has 0 saturated heterocycles. The molecule has 0 fully saturated rings. The number of para-hydroxylation sites is 1. The van der Waals surface area contributed by atoms with E-state index in [1.54, 1.807) is 41.3 Å². The maximum atomic E-state index is 13.8. The Balaban J connectivity index is 1.14. The lowest BCUT2D eigenvalue weighted by Crippen LogP contribution is -2.34. The highest BCUT2D eigenvalue weighted by Gasteiger charge is 2.26. The number of amides is 2. The zero-order valence-electron chi connectivity index (χ0n) is 31.5. The van der Waals surface area contributed by atoms with E-state index in [2.05, 4.69) is 35.5 Å². The standard InChI is InChI=1S/C43H51N4O6PS2/c44-41-37-13-5-6-14-38(37)47(40(49)16-8-7-15-39(48)45-25-9-1-2-10-27-52-54-56)29-33-11-3-4-12-36(33)42(41)46-26-28-51-34-23-19-32(20-24-34)43(50)53-35-21-17-31(30-55)18-22-35/h3-6,11-14,17-24,46,54-56H,1-2,7-10,15-16,25-30,44H2,(H,45,48)/b42-41-. The summed E-state index contributed by atoms with van der Waals surface area (Å²) in [7, 11) is 0.232. The van der Waals surface area contributed by atoms with Crippen molar-refractivity contribution >= 4 is 67.8 Å². The zero-order chi connectivity index (χ0) is 39.5. The minimum atomic E-state index is -0.452. The normalized spacial score (nSPS) is 13.7. The first-order valence-electron chi connectivity index (χ1n) is 19.0. The van der Waals surface area contributed by atoms with Crippen molar-refractivity contribution in [1.29, 1.82) is 0 Å². The van der Waals surface area contributed by atoms with Crippen LogP contribution < -0.4 is 30.7 Å². The molecule has 0 bridgehead atoms. The number of anilines is 1. The molecule has 1 aliphatic heterocycles. The molecule has 0 radical (unpaired) electrons. The molecule has 2 amide bonds. The number of hydrogen-bond acceptors (Lipinski definition) is 10. The van der Waals surface area contributed by atoms with Crippen LogP contribution >= 0.6 is 32.9 Å². The fourth-order valence-corrected chi connectivity index (χ4v) is 7.08. The third kappa shape index (κ3) is 12.8. The first kappa shape index (κ1) is 42.7. The van der Waals surface area contributed by atoms with Crippen LogP contribution in [-0.4, -0.2) is 44.1 Å². The van der Waals surface area contributed by atoms with E-state index in [0.717, 1.165) is 65.9 Å². The molecule has 0 aromatic heterocycles. The Morgan fingerprint density at radius 1 is 0.750 bits per heavy atom. The van der Waals surface area contributed by atoms with E-state index in [4.69, 9.17) is 19.7 Å². The van der Waals surface area contributed by atoms with Gasteiger partial charge in [0, 0.05) is 42.8 Å². The molecule has 4 N–H and O–H groups in total. The van der Waals surface area contributed by atoms with Gasteiger partial charge in [0.2, 0.25) is 11.8 Å². The van der Waals surface area contributed by atoms with Crippen molar-refractivity contribution in [2.45, 2.75) is 63.7 Å². The lowest BCUT2D eigenvalue weighted by molar-refractivity contribution is -0.122. The monoisotopic (exact) mass is 814 g/mol. The van der Waals surface area contributed by atoms with E-state index in [1.807, 2.05) is 60.7 Å². The molecule has 10 nitrogen and oxygen atoms in total. The quantitative estimate of drug-likeness (QED) is 0.0187. The smallest absolute Gasteiger partial charge is 0.343 e. The number of esters is 1. The number of carbonyl (C=O) groups is 3. The molecule has 4 aromatic rings. The summed E-state index contributed by atoms with van der Waals surface area (Å²) in [4.78, 5) is 40.7. The Morgan fingerprint density at radius 3 is 2.21 bits per heavy atom. The summed E-state index contributed by atoms with van der Waals surface area (Å²) in [5.41, 5.74) is 13.0. The number of unbranched alkanes of at least 4 members (excludes halogenated alkanes) is 4. The van der Waals surface area contributed by atoms with Crippen molar-refractivity contribution in [2.75, 3.05) is 31.2 Å². The maximum absolute atomic E-state index is 13.8. The molecular weight excluding hydrogens is 764 g/mol. The minimum Gasteiger partial charge on any atom is -0.492 e. The van der Waals surface area contributed by atoms with E-state index >= 15 is 0 Å². The van der Waals surface area contributed by atoms with Crippen LogP contribution in [-0.2, 0) is 26.4 Å². The topological polar surface area (TPSA) is 132 Å². The van der Waals surface area contributed by atoms with Gasteiger partial charge >= 0.3 is 5.97 Å². The molecule has 1 unspecified atom stereocenters. The van der Waals surface area contributed by atoms with Gasteiger partial charge in [0.05, 0.1) is 43.8 Å². The van der Waals surface area contributed by atoms with Gasteiger partial charge < -0.3 is 35.3 Å². The lowest BCUT2D eigenvalue weighted by Gasteiger charge is -2.30. The van der Waals surface area contributed by atoms with Crippen molar-refractivity contribution in [3.8, 4) is 11.5 Å². The van der Waals surface area contributed by atoms with E-state index in [1.165, 1.54) is 0 Å². The fraction of sp³-hybridized carbons (Fsp3) is 0.326. The number of thiol groups is 2. The van der Waals surface area contributed by atoms with Crippen LogP contribution in [0.5, 0.6) is 11.5 Å². The van der Waals surface area contributed by atoms with Gasteiger partial charge in [-0.25, -0.2) is 4.79 Å². The number of rotatable bonds is 21. The van der Waals surface area contributed by atoms with E-state index < -0.39 is 5.97 Å². The highest BCUT2D eigenvalue weighted by Crippen LogP contribution is 2.35. The average Bonchev–Trinajstić information content (AvgIpc) is 3.22. The predicted octanol–water partition coefficient (Wildman–Crippen LogP) is 8.33. The van der Waals surface area contributed by atoms with E-state index in [0.29, 0.717) is 80.4 Å². The van der Waals surface area contributed by atoms with Crippen LogP contribution in [0.1, 0.15) is 84.0 Å². The molecule has 1 atom stereocenters. The van der Waals surface area contributed by atoms with Gasteiger partial charge in [-0.2, -0.15) is 12.6 Å². The molecule has 0 aliphatic carbocycles. The summed E-state index contributed by atoms with van der Waals surface area (Å²) in [6, 6.07) is 29.7. The van der Waals surface area contributed by atoms with Gasteiger partial charge in [0.15, 0.2) is 0 Å². The summed E-state index contributed by atoms with van der Waals surface area (Å²) in [6.07, 6.45) is 6.01. The number of nitrogens with zero attached hydrogens (tertiary/aromatic N) is 1. The molecule has 1 aliphatic rings. The number of nitrogens with one attached hydrogen (secondary N) is 2. The zero-order valence-corrected chi connectivity index (χ0v) is 34.3. The second-order valence-electron chi connectivity index (χ2n) is 13.3. The van der Waals surface area contributed by atoms with Crippen molar-refractivity contribution in [2.24, 2.45) is 5.73 Å². The largest absolute Gasteiger partial charge is 0.492 e.